The highest BCUT2D eigenvalue weighted by molar-refractivity contribution is 6.67. The van der Waals surface area contributed by atoms with Gasteiger partial charge >= 0.3 is 0 Å². The third-order valence-electron chi connectivity index (χ3n) is 2.28. The van der Waals surface area contributed by atoms with E-state index in [9.17, 15) is 4.79 Å². The second kappa shape index (κ2) is 5.33. The van der Waals surface area contributed by atoms with Crippen molar-refractivity contribution in [2.45, 2.75) is 6.92 Å². The monoisotopic (exact) mass is 281 g/mol. The molecule has 0 bridgehead atoms. The molecule has 18 heavy (non-hydrogen) atoms. The summed E-state index contributed by atoms with van der Waals surface area (Å²) < 4.78 is 0. The predicted molar refractivity (Wildman–Crippen MR) is 71.7 cm³/mol. The Balaban J connectivity index is 2.18. The van der Waals surface area contributed by atoms with E-state index in [-0.39, 0.29) is 0 Å². The summed E-state index contributed by atoms with van der Waals surface area (Å²) in [6, 6.07) is 6.67. The second-order valence-corrected chi connectivity index (χ2v) is 4.34. The summed E-state index contributed by atoms with van der Waals surface area (Å²) in [5.74, 6) is 0.399. The van der Waals surface area contributed by atoms with Crippen LogP contribution in [0.25, 0.3) is 0 Å². The highest BCUT2D eigenvalue weighted by Crippen LogP contribution is 2.17. The molecule has 0 atom stereocenters. The van der Waals surface area contributed by atoms with Crippen molar-refractivity contribution in [2.24, 2.45) is 0 Å². The minimum absolute atomic E-state index is 0.399. The fourth-order valence-electron chi connectivity index (χ4n) is 1.30. The van der Waals surface area contributed by atoms with Crippen LogP contribution in [0.1, 0.15) is 15.9 Å². The molecule has 0 saturated carbocycles. The average molecular weight is 282 g/mol. The molecule has 0 aliphatic carbocycles. The normalized spacial score (nSPS) is 10.2. The lowest BCUT2D eigenvalue weighted by Gasteiger charge is -2.05. The number of halogens is 2. The SMILES string of the molecule is Cc1cnc(Nc2ccc(C(=O)Cl)cc2)nc1Cl. The van der Waals surface area contributed by atoms with Crippen molar-refractivity contribution in [3.63, 3.8) is 0 Å². The van der Waals surface area contributed by atoms with Crippen molar-refractivity contribution in [2.75, 3.05) is 5.32 Å². The summed E-state index contributed by atoms with van der Waals surface area (Å²) in [5.41, 5.74) is 1.99. The highest BCUT2D eigenvalue weighted by Gasteiger charge is 2.04. The van der Waals surface area contributed by atoms with Gasteiger partial charge in [0.1, 0.15) is 5.15 Å². The molecule has 0 aliphatic rings. The molecule has 0 spiro atoms. The first-order chi connectivity index (χ1) is 8.56. The topological polar surface area (TPSA) is 54.9 Å². The summed E-state index contributed by atoms with van der Waals surface area (Å²) in [4.78, 5) is 19.1. The molecular weight excluding hydrogens is 273 g/mol. The maximum absolute atomic E-state index is 10.9. The number of aryl methyl sites for hydroxylation is 1. The third-order valence-corrected chi connectivity index (χ3v) is 2.88. The largest absolute Gasteiger partial charge is 0.324 e. The van der Waals surface area contributed by atoms with Crippen LogP contribution in [0.15, 0.2) is 30.5 Å². The number of nitrogens with zero attached hydrogens (tertiary/aromatic N) is 2. The number of hydrogen-bond acceptors (Lipinski definition) is 4. The Morgan fingerprint density at radius 3 is 2.50 bits per heavy atom. The zero-order valence-corrected chi connectivity index (χ0v) is 11.0. The Bertz CT molecular complexity index is 584. The van der Waals surface area contributed by atoms with Crippen molar-refractivity contribution in [3.05, 3.63) is 46.7 Å². The molecule has 4 nitrogen and oxygen atoms in total. The van der Waals surface area contributed by atoms with E-state index in [1.54, 1.807) is 30.5 Å². The molecule has 0 unspecified atom stereocenters. The molecule has 0 aliphatic heterocycles. The van der Waals surface area contributed by atoms with Gasteiger partial charge in [0.15, 0.2) is 0 Å². The van der Waals surface area contributed by atoms with E-state index in [0.29, 0.717) is 16.7 Å². The smallest absolute Gasteiger partial charge is 0.252 e. The van der Waals surface area contributed by atoms with Gasteiger partial charge in [0.05, 0.1) is 0 Å². The molecule has 1 N–H and O–H groups in total. The highest BCUT2D eigenvalue weighted by atomic mass is 35.5. The molecule has 1 aromatic heterocycles. The number of rotatable bonds is 3. The van der Waals surface area contributed by atoms with Crippen LogP contribution < -0.4 is 5.32 Å². The average Bonchev–Trinajstić information content (AvgIpc) is 2.34. The molecule has 0 amide bonds. The number of carbonyl (C=O) groups is 1. The maximum atomic E-state index is 10.9. The lowest BCUT2D eigenvalue weighted by Crippen LogP contribution is -1.98. The Morgan fingerprint density at radius 2 is 1.94 bits per heavy atom. The van der Waals surface area contributed by atoms with Crippen molar-refractivity contribution < 1.29 is 4.79 Å². The van der Waals surface area contributed by atoms with Gasteiger partial charge in [-0.15, -0.1) is 0 Å². The minimum atomic E-state index is -0.490. The Labute approximate surface area is 114 Å². The predicted octanol–water partition coefficient (Wildman–Crippen LogP) is 3.56. The Kier molecular flexibility index (Phi) is 3.79. The summed E-state index contributed by atoms with van der Waals surface area (Å²) in [6.45, 7) is 1.83. The number of benzene rings is 1. The lowest BCUT2D eigenvalue weighted by molar-refractivity contribution is 0.108. The van der Waals surface area contributed by atoms with Gasteiger partial charge in [0.25, 0.3) is 5.24 Å². The van der Waals surface area contributed by atoms with E-state index < -0.39 is 5.24 Å². The van der Waals surface area contributed by atoms with Crippen LogP contribution >= 0.6 is 23.2 Å². The van der Waals surface area contributed by atoms with Gasteiger partial charge in [-0.3, -0.25) is 4.79 Å². The zero-order valence-electron chi connectivity index (χ0n) is 9.45. The first-order valence-electron chi connectivity index (χ1n) is 5.12. The number of carbonyl (C=O) groups excluding carboxylic acids is 1. The van der Waals surface area contributed by atoms with Crippen molar-refractivity contribution in [1.82, 2.24) is 9.97 Å². The molecule has 1 heterocycles. The van der Waals surface area contributed by atoms with Gasteiger partial charge < -0.3 is 5.32 Å². The minimum Gasteiger partial charge on any atom is -0.324 e. The van der Waals surface area contributed by atoms with Gasteiger partial charge in [-0.2, -0.15) is 0 Å². The van der Waals surface area contributed by atoms with E-state index in [0.717, 1.165) is 11.3 Å². The van der Waals surface area contributed by atoms with Crippen LogP contribution in [-0.4, -0.2) is 15.2 Å². The molecule has 2 rings (SSSR count). The van der Waals surface area contributed by atoms with Crippen LogP contribution in [0.2, 0.25) is 5.15 Å². The lowest BCUT2D eigenvalue weighted by atomic mass is 10.2. The maximum Gasteiger partial charge on any atom is 0.252 e. The van der Waals surface area contributed by atoms with Crippen LogP contribution in [0.3, 0.4) is 0 Å². The van der Waals surface area contributed by atoms with E-state index in [1.807, 2.05) is 6.92 Å². The van der Waals surface area contributed by atoms with Crippen molar-refractivity contribution >= 4 is 40.1 Å². The first kappa shape index (κ1) is 12.8. The van der Waals surface area contributed by atoms with Crippen LogP contribution in [0.4, 0.5) is 11.6 Å². The quantitative estimate of drug-likeness (QED) is 0.690. The number of nitrogens with one attached hydrogen (secondary N) is 1. The fraction of sp³-hybridized carbons (Fsp3) is 0.0833. The van der Waals surface area contributed by atoms with Gasteiger partial charge in [-0.05, 0) is 42.8 Å². The van der Waals surface area contributed by atoms with E-state index in [4.69, 9.17) is 23.2 Å². The summed E-state index contributed by atoms with van der Waals surface area (Å²) in [6.07, 6.45) is 1.63. The van der Waals surface area contributed by atoms with Gasteiger partial charge in [-0.1, -0.05) is 11.6 Å². The molecule has 1 aromatic carbocycles. The molecule has 0 saturated heterocycles. The first-order valence-corrected chi connectivity index (χ1v) is 5.88. The Hall–Kier alpha value is -1.65. The Morgan fingerprint density at radius 1 is 1.28 bits per heavy atom. The van der Waals surface area contributed by atoms with Crippen LogP contribution in [0, 0.1) is 6.92 Å². The number of hydrogen-bond donors (Lipinski definition) is 1. The van der Waals surface area contributed by atoms with Gasteiger partial charge in [-0.25, -0.2) is 9.97 Å². The molecule has 2 aromatic rings. The van der Waals surface area contributed by atoms with Crippen molar-refractivity contribution in [3.8, 4) is 0 Å². The summed E-state index contributed by atoms with van der Waals surface area (Å²) in [7, 11) is 0. The number of anilines is 2. The van der Waals surface area contributed by atoms with E-state index in [1.165, 1.54) is 0 Å². The standard InChI is InChI=1S/C12H9Cl2N3O/c1-7-6-15-12(17-10(7)13)16-9-4-2-8(3-5-9)11(14)18/h2-6H,1H3,(H,15,16,17). The molecule has 6 heteroatoms. The molecular formula is C12H9Cl2N3O. The second-order valence-electron chi connectivity index (χ2n) is 3.64. The van der Waals surface area contributed by atoms with Gasteiger partial charge in [0.2, 0.25) is 5.95 Å². The number of aromatic nitrogens is 2. The van der Waals surface area contributed by atoms with Crippen molar-refractivity contribution in [1.29, 1.82) is 0 Å². The fourth-order valence-corrected chi connectivity index (χ4v) is 1.55. The summed E-state index contributed by atoms with van der Waals surface area (Å²) in [5, 5.41) is 2.89. The van der Waals surface area contributed by atoms with Gasteiger partial charge in [0, 0.05) is 23.0 Å². The van der Waals surface area contributed by atoms with Crippen LogP contribution in [0.5, 0.6) is 0 Å². The zero-order chi connectivity index (χ0) is 13.1. The van der Waals surface area contributed by atoms with E-state index in [2.05, 4.69) is 15.3 Å². The summed E-state index contributed by atoms with van der Waals surface area (Å²) >= 11 is 11.2. The molecule has 92 valence electrons. The third kappa shape index (κ3) is 2.97. The van der Waals surface area contributed by atoms with Crippen LogP contribution in [-0.2, 0) is 0 Å². The molecule has 0 fully saturated rings. The molecule has 0 radical (unpaired) electrons. The van der Waals surface area contributed by atoms with E-state index >= 15 is 0 Å².